The summed E-state index contributed by atoms with van der Waals surface area (Å²) in [6, 6.07) is 5.49. The van der Waals surface area contributed by atoms with Crippen LogP contribution in [0.15, 0.2) is 23.4 Å². The van der Waals surface area contributed by atoms with Crippen molar-refractivity contribution in [1.29, 1.82) is 0 Å². The number of nitrogens with zero attached hydrogens (tertiary/aromatic N) is 4. The van der Waals surface area contributed by atoms with Crippen LogP contribution in [0.1, 0.15) is 29.8 Å². The molecule has 1 aromatic carbocycles. The predicted octanol–water partition coefficient (Wildman–Crippen LogP) is 2.10. The molecule has 0 bridgehead atoms. The minimum Gasteiger partial charge on any atom is -0.494 e. The molecule has 0 fully saturated rings. The molecule has 0 unspecified atom stereocenters. The molecule has 2 rings (SSSR count). The number of thioether (sulfide) groups is 1. The van der Waals surface area contributed by atoms with E-state index in [0.717, 1.165) is 16.5 Å². The van der Waals surface area contributed by atoms with Crippen molar-refractivity contribution in [2.45, 2.75) is 24.8 Å². The highest BCUT2D eigenvalue weighted by Crippen LogP contribution is 2.27. The first-order valence-corrected chi connectivity index (χ1v) is 7.22. The first kappa shape index (κ1) is 14.5. The Morgan fingerprint density at radius 1 is 1.45 bits per heavy atom. The molecule has 0 saturated heterocycles. The number of ketones is 1. The molecule has 0 atom stereocenters. The number of hydrogen-bond acceptors (Lipinski definition) is 6. The van der Waals surface area contributed by atoms with Crippen molar-refractivity contribution in [3.63, 3.8) is 0 Å². The quantitative estimate of drug-likeness (QED) is 0.600. The summed E-state index contributed by atoms with van der Waals surface area (Å²) < 4.78 is 7.20. The number of tetrazole rings is 1. The van der Waals surface area contributed by atoms with Crippen LogP contribution in [0.5, 0.6) is 5.75 Å². The van der Waals surface area contributed by atoms with Gasteiger partial charge in [-0.1, -0.05) is 11.8 Å². The Morgan fingerprint density at radius 3 is 2.85 bits per heavy atom. The van der Waals surface area contributed by atoms with Crippen molar-refractivity contribution in [2.24, 2.45) is 7.05 Å². The van der Waals surface area contributed by atoms with Crippen LogP contribution in [0.3, 0.4) is 0 Å². The van der Waals surface area contributed by atoms with Crippen LogP contribution in [0.2, 0.25) is 0 Å². The van der Waals surface area contributed by atoms with Gasteiger partial charge in [0.2, 0.25) is 5.16 Å². The molecule has 0 spiro atoms. The average molecular weight is 292 g/mol. The van der Waals surface area contributed by atoms with E-state index in [-0.39, 0.29) is 5.78 Å². The second-order valence-electron chi connectivity index (χ2n) is 4.19. The number of benzene rings is 1. The third-order valence-corrected chi connectivity index (χ3v) is 3.76. The van der Waals surface area contributed by atoms with Gasteiger partial charge in [0.1, 0.15) is 5.75 Å². The van der Waals surface area contributed by atoms with Crippen LogP contribution < -0.4 is 4.74 Å². The number of hydrogen-bond donors (Lipinski definition) is 0. The van der Waals surface area contributed by atoms with E-state index in [2.05, 4.69) is 15.5 Å². The maximum Gasteiger partial charge on any atom is 0.209 e. The van der Waals surface area contributed by atoms with Gasteiger partial charge in [0.25, 0.3) is 0 Å². The van der Waals surface area contributed by atoms with Crippen LogP contribution >= 0.6 is 11.8 Å². The van der Waals surface area contributed by atoms with Crippen molar-refractivity contribution in [3.05, 3.63) is 29.3 Å². The summed E-state index contributed by atoms with van der Waals surface area (Å²) in [6.07, 6.45) is 0. The summed E-state index contributed by atoms with van der Waals surface area (Å²) in [5.41, 5.74) is 1.65. The van der Waals surface area contributed by atoms with Crippen LogP contribution in [0, 0.1) is 0 Å². The summed E-state index contributed by atoms with van der Waals surface area (Å²) in [5.74, 6) is 1.48. The van der Waals surface area contributed by atoms with Gasteiger partial charge in [0.05, 0.1) is 6.61 Å². The van der Waals surface area contributed by atoms with E-state index in [1.54, 1.807) is 24.7 Å². The first-order valence-electron chi connectivity index (χ1n) is 6.23. The zero-order valence-corrected chi connectivity index (χ0v) is 12.5. The van der Waals surface area contributed by atoms with Crippen LogP contribution in [0.25, 0.3) is 0 Å². The summed E-state index contributed by atoms with van der Waals surface area (Å²) in [6.45, 7) is 4.07. The SMILES string of the molecule is CCOc1ccc(C(C)=O)cc1CSc1nnnn1C. The van der Waals surface area contributed by atoms with Crippen LogP contribution in [-0.4, -0.2) is 32.6 Å². The number of aryl methyl sites for hydroxylation is 1. The van der Waals surface area contributed by atoms with Gasteiger partial charge in [-0.3, -0.25) is 4.79 Å². The molecule has 1 heterocycles. The molecular weight excluding hydrogens is 276 g/mol. The second kappa shape index (κ2) is 6.51. The molecule has 0 amide bonds. The van der Waals surface area contributed by atoms with Crippen molar-refractivity contribution in [2.75, 3.05) is 6.61 Å². The summed E-state index contributed by atoms with van der Waals surface area (Å²) in [7, 11) is 1.79. The first-order chi connectivity index (χ1) is 9.61. The van der Waals surface area contributed by atoms with Gasteiger partial charge in [0.15, 0.2) is 5.78 Å². The highest BCUT2D eigenvalue weighted by molar-refractivity contribution is 7.98. The standard InChI is InChI=1S/C13H16N4O2S/c1-4-19-12-6-5-10(9(2)18)7-11(12)8-20-13-14-15-16-17(13)3/h5-7H,4,8H2,1-3H3. The Morgan fingerprint density at radius 2 is 2.25 bits per heavy atom. The van der Waals surface area contributed by atoms with Crippen molar-refractivity contribution in [1.82, 2.24) is 20.2 Å². The Bertz CT molecular complexity index is 612. The van der Waals surface area contributed by atoms with Crippen molar-refractivity contribution >= 4 is 17.5 Å². The monoisotopic (exact) mass is 292 g/mol. The molecule has 0 radical (unpaired) electrons. The summed E-state index contributed by atoms with van der Waals surface area (Å²) in [4.78, 5) is 11.5. The number of carbonyl (C=O) groups is 1. The van der Waals surface area contributed by atoms with Gasteiger partial charge in [0, 0.05) is 23.9 Å². The molecule has 1 aromatic heterocycles. The Kier molecular flexibility index (Phi) is 4.73. The van der Waals surface area contributed by atoms with Gasteiger partial charge in [-0.05, 0) is 42.5 Å². The lowest BCUT2D eigenvalue weighted by atomic mass is 10.1. The maximum atomic E-state index is 11.5. The minimum absolute atomic E-state index is 0.0413. The Balaban J connectivity index is 2.21. The van der Waals surface area contributed by atoms with Gasteiger partial charge < -0.3 is 4.74 Å². The van der Waals surface area contributed by atoms with E-state index in [1.807, 2.05) is 19.1 Å². The van der Waals surface area contributed by atoms with Crippen LogP contribution in [0.4, 0.5) is 0 Å². The normalized spacial score (nSPS) is 10.6. The minimum atomic E-state index is 0.0413. The van der Waals surface area contributed by atoms with E-state index >= 15 is 0 Å². The maximum absolute atomic E-state index is 11.5. The molecule has 106 valence electrons. The number of carbonyl (C=O) groups excluding carboxylic acids is 1. The summed E-state index contributed by atoms with van der Waals surface area (Å²) in [5, 5.41) is 12.0. The molecule has 0 aliphatic carbocycles. The molecule has 0 aliphatic heterocycles. The lowest BCUT2D eigenvalue weighted by molar-refractivity contribution is 0.101. The largest absolute Gasteiger partial charge is 0.494 e. The predicted molar refractivity (Wildman–Crippen MR) is 76.0 cm³/mol. The molecule has 0 saturated carbocycles. The third kappa shape index (κ3) is 3.36. The van der Waals surface area contributed by atoms with Gasteiger partial charge in [-0.15, -0.1) is 5.10 Å². The molecule has 2 aromatic rings. The van der Waals surface area contributed by atoms with E-state index in [1.165, 1.54) is 11.8 Å². The summed E-state index contributed by atoms with van der Waals surface area (Å²) >= 11 is 1.50. The van der Waals surface area contributed by atoms with Gasteiger partial charge >= 0.3 is 0 Å². The van der Waals surface area contributed by atoms with Crippen molar-refractivity contribution < 1.29 is 9.53 Å². The lowest BCUT2D eigenvalue weighted by Gasteiger charge is -2.10. The lowest BCUT2D eigenvalue weighted by Crippen LogP contribution is -2.00. The number of Topliss-reactive ketones (excluding diaryl/α,β-unsaturated/α-hetero) is 1. The zero-order chi connectivity index (χ0) is 14.5. The molecule has 0 N–H and O–H groups in total. The second-order valence-corrected chi connectivity index (χ2v) is 5.13. The zero-order valence-electron chi connectivity index (χ0n) is 11.7. The van der Waals surface area contributed by atoms with Crippen LogP contribution in [-0.2, 0) is 12.8 Å². The fourth-order valence-corrected chi connectivity index (χ4v) is 2.52. The van der Waals surface area contributed by atoms with E-state index in [0.29, 0.717) is 17.9 Å². The van der Waals surface area contributed by atoms with Gasteiger partial charge in [-0.25, -0.2) is 4.68 Å². The molecule has 7 heteroatoms. The molecule has 6 nitrogen and oxygen atoms in total. The fraction of sp³-hybridized carbons (Fsp3) is 0.385. The van der Waals surface area contributed by atoms with Crippen molar-refractivity contribution in [3.8, 4) is 5.75 Å². The molecule has 20 heavy (non-hydrogen) atoms. The van der Waals surface area contributed by atoms with E-state index in [9.17, 15) is 4.79 Å². The van der Waals surface area contributed by atoms with E-state index in [4.69, 9.17) is 4.74 Å². The Labute approximate surface area is 121 Å². The molecular formula is C13H16N4O2S. The topological polar surface area (TPSA) is 69.9 Å². The Hall–Kier alpha value is -1.89. The number of ether oxygens (including phenoxy) is 1. The number of aromatic nitrogens is 4. The van der Waals surface area contributed by atoms with Gasteiger partial charge in [-0.2, -0.15) is 0 Å². The van der Waals surface area contributed by atoms with E-state index < -0.39 is 0 Å². The fourth-order valence-electron chi connectivity index (χ4n) is 1.69. The highest BCUT2D eigenvalue weighted by atomic mass is 32.2. The smallest absolute Gasteiger partial charge is 0.209 e. The third-order valence-electron chi connectivity index (χ3n) is 2.70. The molecule has 0 aliphatic rings. The average Bonchev–Trinajstić information content (AvgIpc) is 2.83. The number of rotatable bonds is 6. The highest BCUT2D eigenvalue weighted by Gasteiger charge is 2.10.